The summed E-state index contributed by atoms with van der Waals surface area (Å²) in [6, 6.07) is -2.09. The van der Waals surface area contributed by atoms with Crippen LogP contribution in [0.5, 0.6) is 0 Å². The molecule has 0 spiro atoms. The van der Waals surface area contributed by atoms with Crippen LogP contribution in [0.25, 0.3) is 0 Å². The molecule has 3 nitrogen and oxygen atoms in total. The molecular weight excluding hydrogens is 223 g/mol. The highest BCUT2D eigenvalue weighted by Gasteiger charge is 2.52. The first-order chi connectivity index (χ1) is 7.39. The van der Waals surface area contributed by atoms with Gasteiger partial charge in [0.2, 0.25) is 0 Å². The van der Waals surface area contributed by atoms with E-state index in [2.05, 4.69) is 0 Å². The van der Waals surface area contributed by atoms with Crippen molar-refractivity contribution in [1.29, 1.82) is 0 Å². The fourth-order valence-electron chi connectivity index (χ4n) is 1.72. The van der Waals surface area contributed by atoms with Gasteiger partial charge >= 0.3 is 12.1 Å². The summed E-state index contributed by atoms with van der Waals surface area (Å²) in [6.07, 6.45) is -1.93. The molecule has 2 aliphatic carbocycles. The van der Waals surface area contributed by atoms with E-state index >= 15 is 0 Å². The minimum atomic E-state index is -4.53. The van der Waals surface area contributed by atoms with Gasteiger partial charge in [0.25, 0.3) is 0 Å². The summed E-state index contributed by atoms with van der Waals surface area (Å²) in [5.41, 5.74) is 5.11. The second-order valence-corrected chi connectivity index (χ2v) is 4.57. The zero-order chi connectivity index (χ0) is 11.9. The Morgan fingerprint density at radius 1 is 1.25 bits per heavy atom. The number of carbonyl (C=O) groups excluding carboxylic acids is 1. The molecule has 0 unspecified atom stereocenters. The Morgan fingerprint density at radius 3 is 2.19 bits per heavy atom. The summed E-state index contributed by atoms with van der Waals surface area (Å²) in [5.74, 6) is -2.22. The molecule has 0 heterocycles. The van der Waals surface area contributed by atoms with Crippen LogP contribution in [0.15, 0.2) is 0 Å². The van der Waals surface area contributed by atoms with Gasteiger partial charge in [0, 0.05) is 0 Å². The van der Waals surface area contributed by atoms with Crippen molar-refractivity contribution in [3.63, 3.8) is 0 Å². The van der Waals surface area contributed by atoms with Crippen LogP contribution >= 0.6 is 0 Å². The lowest BCUT2D eigenvalue weighted by Crippen LogP contribution is -2.48. The molecule has 2 N–H and O–H groups in total. The van der Waals surface area contributed by atoms with Crippen LogP contribution in [-0.4, -0.2) is 24.3 Å². The van der Waals surface area contributed by atoms with Gasteiger partial charge in [0.05, 0.1) is 5.92 Å². The third kappa shape index (κ3) is 2.66. The highest BCUT2D eigenvalue weighted by molar-refractivity contribution is 5.74. The van der Waals surface area contributed by atoms with Crippen molar-refractivity contribution >= 4 is 5.97 Å². The van der Waals surface area contributed by atoms with Crippen LogP contribution in [0, 0.1) is 11.8 Å². The molecule has 16 heavy (non-hydrogen) atoms. The van der Waals surface area contributed by atoms with Crippen molar-refractivity contribution in [2.45, 2.75) is 44.0 Å². The molecule has 0 aromatic rings. The topological polar surface area (TPSA) is 52.3 Å². The van der Waals surface area contributed by atoms with Gasteiger partial charge in [0.15, 0.2) is 0 Å². The lowest BCUT2D eigenvalue weighted by molar-refractivity contribution is -0.178. The molecular formula is C10H14F3NO2. The van der Waals surface area contributed by atoms with E-state index in [4.69, 9.17) is 10.5 Å². The Balaban J connectivity index is 2.00. The number of carbonyl (C=O) groups is 1. The molecule has 2 saturated carbocycles. The number of nitrogens with two attached hydrogens (primary N) is 1. The largest absolute Gasteiger partial charge is 0.462 e. The molecule has 0 amide bonds. The number of esters is 1. The number of hydrogen-bond acceptors (Lipinski definition) is 3. The molecule has 0 aliphatic heterocycles. The molecule has 2 aliphatic rings. The monoisotopic (exact) mass is 237 g/mol. The van der Waals surface area contributed by atoms with Crippen LogP contribution in [0.1, 0.15) is 25.7 Å². The SMILES string of the molecule is N[C@@H]([C@@H](C(=O)OC1CC1)C1CC1)C(F)(F)F. The maximum Gasteiger partial charge on any atom is 0.404 e. The Morgan fingerprint density at radius 2 is 1.81 bits per heavy atom. The molecule has 2 atom stereocenters. The predicted octanol–water partition coefficient (Wildman–Crippen LogP) is 1.61. The average Bonchev–Trinajstić information content (AvgIpc) is 2.94. The number of rotatable bonds is 4. The molecule has 0 radical (unpaired) electrons. The molecule has 92 valence electrons. The van der Waals surface area contributed by atoms with Crippen LogP contribution in [0.3, 0.4) is 0 Å². The molecule has 0 saturated heterocycles. The van der Waals surface area contributed by atoms with Crippen LogP contribution < -0.4 is 5.73 Å². The third-order valence-electron chi connectivity index (χ3n) is 2.97. The second-order valence-electron chi connectivity index (χ2n) is 4.57. The lowest BCUT2D eigenvalue weighted by Gasteiger charge is -2.24. The van der Waals surface area contributed by atoms with Crippen molar-refractivity contribution in [3.05, 3.63) is 0 Å². The smallest absolute Gasteiger partial charge is 0.404 e. The van der Waals surface area contributed by atoms with E-state index in [0.29, 0.717) is 12.8 Å². The molecule has 0 aromatic carbocycles. The molecule has 0 aromatic heterocycles. The van der Waals surface area contributed by atoms with Crippen molar-refractivity contribution in [3.8, 4) is 0 Å². The minimum absolute atomic E-state index is 0.172. The number of hydrogen-bond donors (Lipinski definition) is 1. The van der Waals surface area contributed by atoms with E-state index in [1.54, 1.807) is 0 Å². The van der Waals surface area contributed by atoms with E-state index in [0.717, 1.165) is 12.8 Å². The van der Waals surface area contributed by atoms with Crippen molar-refractivity contribution in [2.24, 2.45) is 17.6 Å². The van der Waals surface area contributed by atoms with Gasteiger partial charge in [0.1, 0.15) is 12.1 Å². The van der Waals surface area contributed by atoms with Crippen LogP contribution in [-0.2, 0) is 9.53 Å². The van der Waals surface area contributed by atoms with E-state index < -0.39 is 24.1 Å². The predicted molar refractivity (Wildman–Crippen MR) is 49.4 cm³/mol. The fourth-order valence-corrected chi connectivity index (χ4v) is 1.72. The summed E-state index contributed by atoms with van der Waals surface area (Å²) >= 11 is 0. The highest BCUT2D eigenvalue weighted by Crippen LogP contribution is 2.43. The first kappa shape index (κ1) is 11.7. The van der Waals surface area contributed by atoms with Crippen LogP contribution in [0.4, 0.5) is 13.2 Å². The highest BCUT2D eigenvalue weighted by atomic mass is 19.4. The van der Waals surface area contributed by atoms with E-state index in [9.17, 15) is 18.0 Å². The van der Waals surface area contributed by atoms with Gasteiger partial charge < -0.3 is 10.5 Å². The Labute approximate surface area is 91.1 Å². The van der Waals surface area contributed by atoms with E-state index in [-0.39, 0.29) is 12.0 Å². The standard InChI is InChI=1S/C10H14F3NO2/c11-10(12,13)8(14)7(5-1-2-5)9(15)16-6-3-4-6/h5-8H,1-4,14H2/t7-,8-/m0/s1. The molecule has 2 rings (SSSR count). The van der Waals surface area contributed by atoms with Gasteiger partial charge in [-0.25, -0.2) is 0 Å². The summed E-state index contributed by atoms with van der Waals surface area (Å²) in [6.45, 7) is 0. The zero-order valence-electron chi connectivity index (χ0n) is 8.67. The Hall–Kier alpha value is -0.780. The maximum atomic E-state index is 12.5. The van der Waals surface area contributed by atoms with Crippen molar-refractivity contribution < 1.29 is 22.7 Å². The Bertz CT molecular complexity index is 284. The first-order valence-corrected chi connectivity index (χ1v) is 5.42. The van der Waals surface area contributed by atoms with E-state index in [1.807, 2.05) is 0 Å². The second kappa shape index (κ2) is 3.91. The quantitative estimate of drug-likeness (QED) is 0.756. The number of ether oxygens (including phenoxy) is 1. The van der Waals surface area contributed by atoms with Crippen molar-refractivity contribution in [1.82, 2.24) is 0 Å². The summed E-state index contributed by atoms with van der Waals surface area (Å²) in [5, 5.41) is 0. The summed E-state index contributed by atoms with van der Waals surface area (Å²) in [4.78, 5) is 11.6. The average molecular weight is 237 g/mol. The lowest BCUT2D eigenvalue weighted by atomic mass is 9.95. The van der Waals surface area contributed by atoms with Gasteiger partial charge in [-0.2, -0.15) is 13.2 Å². The van der Waals surface area contributed by atoms with Gasteiger partial charge in [-0.15, -0.1) is 0 Å². The summed E-state index contributed by atoms with van der Waals surface area (Å²) < 4.78 is 42.3. The molecule has 0 bridgehead atoms. The van der Waals surface area contributed by atoms with E-state index in [1.165, 1.54) is 0 Å². The number of halogens is 3. The minimum Gasteiger partial charge on any atom is -0.462 e. The normalized spacial score (nSPS) is 25.0. The number of alkyl halides is 3. The van der Waals surface area contributed by atoms with Crippen molar-refractivity contribution in [2.75, 3.05) is 0 Å². The first-order valence-electron chi connectivity index (χ1n) is 5.42. The van der Waals surface area contributed by atoms with Gasteiger partial charge in [-0.05, 0) is 31.6 Å². The third-order valence-corrected chi connectivity index (χ3v) is 2.97. The fraction of sp³-hybridized carbons (Fsp3) is 0.900. The van der Waals surface area contributed by atoms with Crippen LogP contribution in [0.2, 0.25) is 0 Å². The molecule has 6 heteroatoms. The maximum absolute atomic E-state index is 12.5. The summed E-state index contributed by atoms with van der Waals surface area (Å²) in [7, 11) is 0. The zero-order valence-corrected chi connectivity index (χ0v) is 8.67. The molecule has 2 fully saturated rings. The van der Waals surface area contributed by atoms with Gasteiger partial charge in [-0.3, -0.25) is 4.79 Å². The van der Waals surface area contributed by atoms with Gasteiger partial charge in [-0.1, -0.05) is 0 Å². The Kier molecular flexibility index (Phi) is 2.86.